The number of carbonyl (C=O) groups excluding carboxylic acids is 4. The molecule has 0 radical (unpaired) electrons. The number of piperidine rings is 1. The zero-order chi connectivity index (χ0) is 51.1. The van der Waals surface area contributed by atoms with E-state index in [2.05, 4.69) is 73.0 Å². The quantitative estimate of drug-likeness (QED) is 0.0593. The van der Waals surface area contributed by atoms with Crippen LogP contribution in [0.3, 0.4) is 0 Å². The van der Waals surface area contributed by atoms with E-state index < -0.39 is 24.3 Å². The first kappa shape index (κ1) is 50.8. The molecule has 0 aliphatic carbocycles. The maximum Gasteiger partial charge on any atom is 0.407 e. The lowest BCUT2D eigenvalue weighted by atomic mass is 10.0. The first-order valence-electron chi connectivity index (χ1n) is 25.2. The summed E-state index contributed by atoms with van der Waals surface area (Å²) in [5, 5.41) is 5.44. The summed E-state index contributed by atoms with van der Waals surface area (Å²) in [4.78, 5) is 74.4. The second-order valence-electron chi connectivity index (χ2n) is 19.5. The summed E-state index contributed by atoms with van der Waals surface area (Å²) in [5.74, 6) is 0.831. The fourth-order valence-corrected chi connectivity index (χ4v) is 10.2. The summed E-state index contributed by atoms with van der Waals surface area (Å²) in [6, 6.07) is 18.8. The zero-order valence-electron chi connectivity index (χ0n) is 42.3. The van der Waals surface area contributed by atoms with Crippen LogP contribution >= 0.6 is 0 Å². The largest absolute Gasteiger partial charge is 0.453 e. The number of aromatic amines is 2. The lowest BCUT2D eigenvalue weighted by Gasteiger charge is -2.29. The second-order valence-corrected chi connectivity index (χ2v) is 19.5. The number of benzene rings is 2. The number of hydrogen-bond acceptors (Lipinski definition) is 10. The molecule has 380 valence electrons. The van der Waals surface area contributed by atoms with Gasteiger partial charge in [-0.25, -0.2) is 19.6 Å². The number of methoxy groups -OCH3 is 2. The van der Waals surface area contributed by atoms with E-state index in [1.807, 2.05) is 86.3 Å². The molecule has 3 aromatic heterocycles. The summed E-state index contributed by atoms with van der Waals surface area (Å²) >= 11 is 0. The topological polar surface area (TPSA) is 209 Å². The van der Waals surface area contributed by atoms with Gasteiger partial charge in [0.05, 0.1) is 54.8 Å². The molecule has 17 heteroatoms. The number of hydrogen-bond donors (Lipinski definition) is 5. The van der Waals surface area contributed by atoms with Gasteiger partial charge in [0.2, 0.25) is 11.8 Å². The third-order valence-corrected chi connectivity index (χ3v) is 14.2. The Labute approximate surface area is 421 Å². The molecule has 72 heavy (non-hydrogen) atoms. The summed E-state index contributed by atoms with van der Waals surface area (Å²) in [5.41, 5.74) is 15.4. The van der Waals surface area contributed by atoms with Crippen molar-refractivity contribution in [1.29, 1.82) is 0 Å². The van der Waals surface area contributed by atoms with Crippen LogP contribution in [0.5, 0.6) is 0 Å². The highest BCUT2D eigenvalue weighted by Crippen LogP contribution is 2.37. The number of likely N-dealkylation sites (tertiary alicyclic amines) is 3. The Bertz CT molecular complexity index is 2620. The van der Waals surface area contributed by atoms with Gasteiger partial charge in [-0.15, -0.1) is 0 Å². The van der Waals surface area contributed by atoms with Gasteiger partial charge < -0.3 is 55.1 Å². The summed E-state index contributed by atoms with van der Waals surface area (Å²) in [6.45, 7) is 15.1. The number of allylic oxidation sites excluding steroid dienone is 3. The van der Waals surface area contributed by atoms with Crippen LogP contribution in [0.1, 0.15) is 96.4 Å². The predicted molar refractivity (Wildman–Crippen MR) is 278 cm³/mol. The van der Waals surface area contributed by atoms with E-state index in [0.29, 0.717) is 24.7 Å². The van der Waals surface area contributed by atoms with Gasteiger partial charge in [0.25, 0.3) is 0 Å². The minimum Gasteiger partial charge on any atom is -0.453 e. The number of imidazole rings is 2. The molecule has 3 aliphatic rings. The molecule has 4 amide bonds. The Kier molecular flexibility index (Phi) is 16.0. The van der Waals surface area contributed by atoms with Crippen LogP contribution in [0.15, 0.2) is 104 Å². The number of carbonyl (C=O) groups is 4. The molecule has 3 saturated heterocycles. The molecule has 0 saturated carbocycles. The van der Waals surface area contributed by atoms with Crippen molar-refractivity contribution < 1.29 is 28.7 Å². The Hall–Kier alpha value is -7.56. The maximum atomic E-state index is 13.8. The van der Waals surface area contributed by atoms with Crippen LogP contribution < -0.4 is 16.4 Å². The van der Waals surface area contributed by atoms with E-state index in [-0.39, 0.29) is 35.7 Å². The van der Waals surface area contributed by atoms with Gasteiger partial charge in [-0.05, 0) is 92.2 Å². The van der Waals surface area contributed by atoms with E-state index in [1.165, 1.54) is 20.6 Å². The van der Waals surface area contributed by atoms with E-state index in [9.17, 15) is 19.2 Å². The molecule has 5 aromatic rings. The Morgan fingerprint density at radius 2 is 1.07 bits per heavy atom. The molecular weight excluding hydrogens is 911 g/mol. The molecule has 0 unspecified atom stereocenters. The second kappa shape index (κ2) is 22.7. The average molecular weight is 980 g/mol. The van der Waals surface area contributed by atoms with Crippen molar-refractivity contribution in [3.05, 3.63) is 115 Å². The number of nitrogens with zero attached hydrogens (tertiary/aromatic N) is 6. The lowest BCUT2D eigenvalue weighted by Crippen LogP contribution is -2.51. The standard InChI is InChI=1S/C55H69N11O6/c1-34(2)48(61-54(69)71-6)52(67)64-29-11-13-46(64)50-57-32-42(59-50)37-16-20-39(21-17-37)44-25-26-45(66(44)41(31-56)24-15-36(5)63-27-9-8-10-28-63)40-22-18-38(19-23-40)43-33-58-51(60-43)47-14-12-30-65(47)53(68)49(35(3)4)62-55(70)72-7/h15-26,31-35,46-49H,5,8-14,27-30,56H2,1-4,6-7H3,(H,57,59)(H,58,60)(H,61,69)(H,62,70)/b24-15-,41-31+/t46-,47-,48-,49-/m0/s1. The van der Waals surface area contributed by atoms with E-state index >= 15 is 0 Å². The van der Waals surface area contributed by atoms with Gasteiger partial charge in [0.1, 0.15) is 23.7 Å². The van der Waals surface area contributed by atoms with Crippen LogP contribution in [-0.4, -0.2) is 116 Å². The number of rotatable bonds is 16. The highest BCUT2D eigenvalue weighted by molar-refractivity contribution is 5.87. The molecule has 3 fully saturated rings. The Morgan fingerprint density at radius 3 is 1.47 bits per heavy atom. The summed E-state index contributed by atoms with van der Waals surface area (Å²) < 4.78 is 11.8. The predicted octanol–water partition coefficient (Wildman–Crippen LogP) is 9.00. The zero-order valence-corrected chi connectivity index (χ0v) is 42.3. The first-order valence-corrected chi connectivity index (χ1v) is 25.2. The molecule has 0 bridgehead atoms. The maximum absolute atomic E-state index is 13.8. The van der Waals surface area contributed by atoms with E-state index in [4.69, 9.17) is 25.2 Å². The molecule has 6 heterocycles. The average Bonchev–Trinajstić information content (AvgIpc) is 4.27. The molecule has 6 N–H and O–H groups in total. The van der Waals surface area contributed by atoms with Gasteiger partial charge in [-0.3, -0.25) is 9.59 Å². The highest BCUT2D eigenvalue weighted by Gasteiger charge is 2.39. The number of ether oxygens (including phenoxy) is 2. The highest BCUT2D eigenvalue weighted by atomic mass is 16.5. The van der Waals surface area contributed by atoms with Crippen molar-refractivity contribution in [2.45, 2.75) is 96.8 Å². The van der Waals surface area contributed by atoms with Crippen LogP contribution in [-0.2, 0) is 19.1 Å². The fraction of sp³-hybridized carbons (Fsp3) is 0.418. The summed E-state index contributed by atoms with van der Waals surface area (Å²) in [6.07, 6.45) is 14.9. The fourth-order valence-electron chi connectivity index (χ4n) is 10.2. The van der Waals surface area contributed by atoms with Crippen LogP contribution in [0.2, 0.25) is 0 Å². The molecule has 8 rings (SSSR count). The van der Waals surface area contributed by atoms with Crippen LogP contribution in [0.4, 0.5) is 9.59 Å². The first-order chi connectivity index (χ1) is 34.8. The van der Waals surface area contributed by atoms with Gasteiger partial charge in [-0.1, -0.05) is 82.8 Å². The van der Waals surface area contributed by atoms with Crippen molar-refractivity contribution in [1.82, 2.24) is 49.8 Å². The molecule has 0 spiro atoms. The van der Waals surface area contributed by atoms with Gasteiger partial charge in [0, 0.05) is 61.6 Å². The smallest absolute Gasteiger partial charge is 0.407 e. The monoisotopic (exact) mass is 980 g/mol. The Balaban J connectivity index is 1.05. The van der Waals surface area contributed by atoms with E-state index in [0.717, 1.165) is 108 Å². The lowest BCUT2D eigenvalue weighted by molar-refractivity contribution is -0.136. The molecule has 17 nitrogen and oxygen atoms in total. The van der Waals surface area contributed by atoms with Crippen molar-refractivity contribution in [3.63, 3.8) is 0 Å². The number of nitrogens with one attached hydrogen (secondary N) is 4. The van der Waals surface area contributed by atoms with E-state index in [1.54, 1.807) is 6.20 Å². The van der Waals surface area contributed by atoms with Crippen LogP contribution in [0, 0.1) is 11.8 Å². The molecule has 3 aliphatic heterocycles. The van der Waals surface area contributed by atoms with Gasteiger partial charge in [0.15, 0.2) is 0 Å². The summed E-state index contributed by atoms with van der Waals surface area (Å²) in [7, 11) is 2.58. The van der Waals surface area contributed by atoms with Gasteiger partial charge in [-0.2, -0.15) is 0 Å². The third kappa shape index (κ3) is 11.0. The minimum absolute atomic E-state index is 0.130. The number of aromatic nitrogens is 5. The number of alkyl carbamates (subject to hydrolysis) is 2. The molecule has 2 aromatic carbocycles. The number of nitrogens with two attached hydrogens (primary N) is 1. The number of amides is 4. The van der Waals surface area contributed by atoms with Crippen LogP contribution in [0.25, 0.3) is 50.7 Å². The molecular formula is C55H69N11O6. The normalized spacial score (nSPS) is 18.2. The number of H-pyrrole nitrogens is 2. The Morgan fingerprint density at radius 1 is 0.639 bits per heavy atom. The van der Waals surface area contributed by atoms with Crippen molar-refractivity contribution in [2.24, 2.45) is 17.6 Å². The SMILES string of the molecule is C=C(/C=C\C(=C/N)n1c(-c2ccc(-c3c[nH]c([C@@H]4CCCN4C(=O)[C@@H](NC(=O)OC)C(C)C)n3)cc2)ccc1-c1ccc(-c2c[nH]c([C@@H]3CCCN3C(=O)[C@@H](NC(=O)OC)C(C)C)n2)cc1)N1CCCCC1. The van der Waals surface area contributed by atoms with Crippen molar-refractivity contribution in [2.75, 3.05) is 40.4 Å². The minimum atomic E-state index is -0.716. The molecule has 4 atom stereocenters. The third-order valence-electron chi connectivity index (χ3n) is 14.2. The van der Waals surface area contributed by atoms with Crippen molar-refractivity contribution in [3.8, 4) is 45.0 Å². The van der Waals surface area contributed by atoms with Gasteiger partial charge >= 0.3 is 12.2 Å². The van der Waals surface area contributed by atoms with Crippen molar-refractivity contribution >= 4 is 29.7 Å².